The van der Waals surface area contributed by atoms with Gasteiger partial charge in [-0.15, -0.1) is 0 Å². The van der Waals surface area contributed by atoms with Crippen molar-refractivity contribution in [2.24, 2.45) is 0 Å². The Morgan fingerprint density at radius 1 is 0.864 bits per heavy atom. The molecule has 0 aliphatic carbocycles. The van der Waals surface area contributed by atoms with Gasteiger partial charge in [-0.3, -0.25) is 9.59 Å². The summed E-state index contributed by atoms with van der Waals surface area (Å²) in [4.78, 5) is 25.2. The summed E-state index contributed by atoms with van der Waals surface area (Å²) in [6, 6.07) is 17.6. The van der Waals surface area contributed by atoms with Crippen molar-refractivity contribution in [2.45, 2.75) is 25.9 Å². The summed E-state index contributed by atoms with van der Waals surface area (Å²) in [6.07, 6.45) is 0.697. The fraction of sp³-hybridized carbons (Fsp3) is 0.263. The maximum absolute atomic E-state index is 12.6. The third-order valence-electron chi connectivity index (χ3n) is 3.38. The number of carbonyl (C=O) groups excluding carboxylic acids is 2. The average molecular weight is 296 g/mol. The van der Waals surface area contributed by atoms with Crippen LogP contribution in [0.3, 0.4) is 0 Å². The first-order chi connectivity index (χ1) is 10.7. The number of carbonyl (C=O) groups is 2. The van der Waals surface area contributed by atoms with Crippen LogP contribution in [0.15, 0.2) is 60.7 Å². The molecule has 0 saturated carbocycles. The molecule has 0 aliphatic rings. The molecule has 0 atom stereocenters. The highest BCUT2D eigenvalue weighted by molar-refractivity contribution is 6.18. The van der Waals surface area contributed by atoms with E-state index in [1.165, 1.54) is 0 Å². The van der Waals surface area contributed by atoms with Crippen molar-refractivity contribution < 1.29 is 14.3 Å². The van der Waals surface area contributed by atoms with Crippen molar-refractivity contribution in [3.05, 3.63) is 71.8 Å². The van der Waals surface area contributed by atoms with E-state index in [2.05, 4.69) is 0 Å². The molecule has 0 radical (unpaired) electrons. The van der Waals surface area contributed by atoms with Gasteiger partial charge in [0.15, 0.2) is 17.7 Å². The molecule has 0 amide bonds. The van der Waals surface area contributed by atoms with E-state index in [1.54, 1.807) is 48.5 Å². The van der Waals surface area contributed by atoms with Crippen LogP contribution in [0.5, 0.6) is 0 Å². The Labute approximate surface area is 130 Å². The standard InChI is InChI=1S/C19H20O3/c1-2-3-14-22-19(17(20)15-10-6-4-7-11-15)18(21)16-12-8-5-9-13-16/h4-13,19H,2-3,14H2,1H3. The number of unbranched alkanes of at least 4 members (excludes halogenated alkanes) is 1. The van der Waals surface area contributed by atoms with E-state index < -0.39 is 6.10 Å². The van der Waals surface area contributed by atoms with Gasteiger partial charge in [0.05, 0.1) is 0 Å². The first kappa shape index (κ1) is 16.1. The molecule has 0 aromatic heterocycles. The van der Waals surface area contributed by atoms with Crippen LogP contribution in [0.1, 0.15) is 40.5 Å². The minimum atomic E-state index is -1.07. The van der Waals surface area contributed by atoms with Crippen molar-refractivity contribution in [1.82, 2.24) is 0 Å². The Balaban J connectivity index is 2.22. The maximum atomic E-state index is 12.6. The van der Waals surface area contributed by atoms with E-state index in [1.807, 2.05) is 19.1 Å². The summed E-state index contributed by atoms with van der Waals surface area (Å²) in [5.74, 6) is -0.573. The van der Waals surface area contributed by atoms with Crippen LogP contribution in [-0.4, -0.2) is 24.3 Å². The molecule has 0 spiro atoms. The van der Waals surface area contributed by atoms with Crippen molar-refractivity contribution >= 4 is 11.6 Å². The van der Waals surface area contributed by atoms with Gasteiger partial charge in [-0.05, 0) is 6.42 Å². The summed E-state index contributed by atoms with van der Waals surface area (Å²) in [5, 5.41) is 0. The van der Waals surface area contributed by atoms with Crippen LogP contribution in [-0.2, 0) is 4.74 Å². The Morgan fingerprint density at radius 2 is 1.32 bits per heavy atom. The minimum absolute atomic E-state index is 0.287. The van der Waals surface area contributed by atoms with Crippen molar-refractivity contribution in [3.63, 3.8) is 0 Å². The van der Waals surface area contributed by atoms with Gasteiger partial charge in [-0.2, -0.15) is 0 Å². The Bertz CT molecular complexity index is 554. The fourth-order valence-corrected chi connectivity index (χ4v) is 2.12. The Kier molecular flexibility index (Phi) is 6.04. The second-order valence-corrected chi connectivity index (χ2v) is 5.06. The zero-order valence-electron chi connectivity index (χ0n) is 12.7. The van der Waals surface area contributed by atoms with E-state index in [4.69, 9.17) is 4.74 Å². The molecule has 2 aromatic carbocycles. The van der Waals surface area contributed by atoms with Gasteiger partial charge in [0, 0.05) is 17.7 Å². The monoisotopic (exact) mass is 296 g/mol. The third-order valence-corrected chi connectivity index (χ3v) is 3.38. The molecule has 0 bridgehead atoms. The summed E-state index contributed by atoms with van der Waals surface area (Å²) in [5.41, 5.74) is 0.988. The van der Waals surface area contributed by atoms with Gasteiger partial charge in [-0.1, -0.05) is 74.0 Å². The Hall–Kier alpha value is -2.26. The summed E-state index contributed by atoms with van der Waals surface area (Å²) >= 11 is 0. The molecule has 0 heterocycles. The summed E-state index contributed by atoms with van der Waals surface area (Å²) < 4.78 is 5.62. The lowest BCUT2D eigenvalue weighted by Gasteiger charge is -2.16. The van der Waals surface area contributed by atoms with Gasteiger partial charge < -0.3 is 4.74 Å². The zero-order chi connectivity index (χ0) is 15.8. The van der Waals surface area contributed by atoms with Gasteiger partial charge in [0.2, 0.25) is 0 Å². The van der Waals surface area contributed by atoms with Gasteiger partial charge in [0.25, 0.3) is 0 Å². The number of hydrogen-bond acceptors (Lipinski definition) is 3. The number of ether oxygens (including phenoxy) is 1. The number of Topliss-reactive ketones (excluding diaryl/α,β-unsaturated/α-hetero) is 2. The van der Waals surface area contributed by atoms with Crippen LogP contribution in [0.25, 0.3) is 0 Å². The van der Waals surface area contributed by atoms with Gasteiger partial charge in [0.1, 0.15) is 0 Å². The highest BCUT2D eigenvalue weighted by Gasteiger charge is 2.29. The predicted octanol–water partition coefficient (Wildman–Crippen LogP) is 3.94. The molecular formula is C19H20O3. The van der Waals surface area contributed by atoms with E-state index in [0.29, 0.717) is 17.7 Å². The first-order valence-corrected chi connectivity index (χ1v) is 7.54. The second kappa shape index (κ2) is 8.25. The summed E-state index contributed by atoms with van der Waals surface area (Å²) in [7, 11) is 0. The lowest BCUT2D eigenvalue weighted by molar-refractivity contribution is 0.0361. The number of ketones is 2. The van der Waals surface area contributed by atoms with Crippen LogP contribution < -0.4 is 0 Å². The molecule has 2 aromatic rings. The molecule has 22 heavy (non-hydrogen) atoms. The smallest absolute Gasteiger partial charge is 0.199 e. The van der Waals surface area contributed by atoms with Crippen molar-refractivity contribution in [2.75, 3.05) is 6.61 Å². The average Bonchev–Trinajstić information content (AvgIpc) is 2.59. The van der Waals surface area contributed by atoms with Gasteiger partial charge in [-0.25, -0.2) is 0 Å². The van der Waals surface area contributed by atoms with E-state index >= 15 is 0 Å². The molecule has 3 nitrogen and oxygen atoms in total. The van der Waals surface area contributed by atoms with Crippen LogP contribution in [0, 0.1) is 0 Å². The topological polar surface area (TPSA) is 43.4 Å². The van der Waals surface area contributed by atoms with E-state index in [-0.39, 0.29) is 11.6 Å². The molecule has 0 unspecified atom stereocenters. The molecule has 2 rings (SSSR count). The second-order valence-electron chi connectivity index (χ2n) is 5.06. The predicted molar refractivity (Wildman–Crippen MR) is 86.2 cm³/mol. The number of hydrogen-bond donors (Lipinski definition) is 0. The molecule has 0 N–H and O–H groups in total. The largest absolute Gasteiger partial charge is 0.362 e. The van der Waals surface area contributed by atoms with Crippen LogP contribution in [0.4, 0.5) is 0 Å². The molecule has 0 fully saturated rings. The first-order valence-electron chi connectivity index (χ1n) is 7.54. The van der Waals surface area contributed by atoms with Crippen molar-refractivity contribution in [1.29, 1.82) is 0 Å². The normalized spacial score (nSPS) is 10.6. The lowest BCUT2D eigenvalue weighted by atomic mass is 9.98. The van der Waals surface area contributed by atoms with E-state index in [9.17, 15) is 9.59 Å². The van der Waals surface area contributed by atoms with E-state index in [0.717, 1.165) is 12.8 Å². The van der Waals surface area contributed by atoms with Crippen LogP contribution >= 0.6 is 0 Å². The molecule has 0 saturated heterocycles. The minimum Gasteiger partial charge on any atom is -0.362 e. The fourth-order valence-electron chi connectivity index (χ4n) is 2.12. The van der Waals surface area contributed by atoms with Gasteiger partial charge >= 0.3 is 0 Å². The molecule has 114 valence electrons. The maximum Gasteiger partial charge on any atom is 0.199 e. The molecule has 3 heteroatoms. The highest BCUT2D eigenvalue weighted by atomic mass is 16.5. The quantitative estimate of drug-likeness (QED) is 0.421. The van der Waals surface area contributed by atoms with Crippen molar-refractivity contribution in [3.8, 4) is 0 Å². The Morgan fingerprint density at radius 3 is 1.73 bits per heavy atom. The molecule has 0 aliphatic heterocycles. The molecular weight excluding hydrogens is 276 g/mol. The zero-order valence-corrected chi connectivity index (χ0v) is 12.7. The number of rotatable bonds is 8. The SMILES string of the molecule is CCCCOC(C(=O)c1ccccc1)C(=O)c1ccccc1. The highest BCUT2D eigenvalue weighted by Crippen LogP contribution is 2.13. The third kappa shape index (κ3) is 4.12. The lowest BCUT2D eigenvalue weighted by Crippen LogP contribution is -2.33. The summed E-state index contributed by atoms with van der Waals surface area (Å²) in [6.45, 7) is 2.44. The number of benzene rings is 2. The van der Waals surface area contributed by atoms with Crippen LogP contribution in [0.2, 0.25) is 0 Å².